The van der Waals surface area contributed by atoms with Crippen LogP contribution in [0.25, 0.3) is 0 Å². The number of hydrogen-bond donors (Lipinski definition) is 1. The Labute approximate surface area is 96.9 Å². The summed E-state index contributed by atoms with van der Waals surface area (Å²) in [4.78, 5) is 22.9. The Morgan fingerprint density at radius 1 is 1.47 bits per heavy atom. The molecule has 7 nitrogen and oxygen atoms in total. The van der Waals surface area contributed by atoms with E-state index in [-0.39, 0.29) is 18.3 Å². The molecule has 7 heteroatoms. The second-order valence-corrected chi connectivity index (χ2v) is 3.63. The number of amides is 1. The van der Waals surface area contributed by atoms with Crippen molar-refractivity contribution in [1.29, 1.82) is 0 Å². The smallest absolute Gasteiger partial charge is 0.414 e. The molecule has 0 bridgehead atoms. The zero-order valence-corrected chi connectivity index (χ0v) is 8.91. The molecule has 0 aromatic heterocycles. The molecule has 1 aliphatic rings. The quantitative estimate of drug-likeness (QED) is 0.621. The molecule has 1 saturated heterocycles. The molecule has 2 N–H and O–H groups in total. The van der Waals surface area contributed by atoms with Gasteiger partial charge in [-0.3, -0.25) is 15.0 Å². The van der Waals surface area contributed by atoms with Crippen LogP contribution in [-0.4, -0.2) is 30.2 Å². The average Bonchev–Trinajstić information content (AvgIpc) is 2.71. The van der Waals surface area contributed by atoms with E-state index in [2.05, 4.69) is 0 Å². The highest BCUT2D eigenvalue weighted by Gasteiger charge is 2.31. The lowest BCUT2D eigenvalue weighted by molar-refractivity contribution is -0.384. The van der Waals surface area contributed by atoms with Crippen molar-refractivity contribution in [3.8, 4) is 0 Å². The van der Waals surface area contributed by atoms with Crippen molar-refractivity contribution < 1.29 is 14.5 Å². The Kier molecular flexibility index (Phi) is 2.92. The van der Waals surface area contributed by atoms with E-state index in [1.807, 2.05) is 0 Å². The molecule has 1 heterocycles. The Hall–Kier alpha value is -2.15. The summed E-state index contributed by atoms with van der Waals surface area (Å²) in [6, 6.07) is 5.72. The molecular weight excluding hydrogens is 226 g/mol. The van der Waals surface area contributed by atoms with Gasteiger partial charge in [-0.2, -0.15) is 0 Å². The molecule has 1 aromatic carbocycles. The standard InChI is InChI=1S/C10H11N3O4/c11-5-9-6-12(10(14)17-9)7-1-3-8(4-2-7)13(15)16/h1-4,9H,5-6,11H2. The van der Waals surface area contributed by atoms with Crippen molar-refractivity contribution >= 4 is 17.5 Å². The molecule has 1 aromatic rings. The van der Waals surface area contributed by atoms with Gasteiger partial charge in [-0.1, -0.05) is 0 Å². The van der Waals surface area contributed by atoms with Crippen LogP contribution < -0.4 is 10.6 Å². The highest BCUT2D eigenvalue weighted by atomic mass is 16.6. The Morgan fingerprint density at radius 2 is 2.12 bits per heavy atom. The van der Waals surface area contributed by atoms with Gasteiger partial charge in [0.25, 0.3) is 5.69 Å². The van der Waals surface area contributed by atoms with Crippen LogP contribution >= 0.6 is 0 Å². The molecular formula is C10H11N3O4. The number of ether oxygens (including phenoxy) is 1. The van der Waals surface area contributed by atoms with E-state index in [0.717, 1.165) is 0 Å². The fourth-order valence-electron chi connectivity index (χ4n) is 1.61. The first kappa shape index (κ1) is 11.3. The van der Waals surface area contributed by atoms with E-state index in [1.54, 1.807) is 0 Å². The Morgan fingerprint density at radius 3 is 2.59 bits per heavy atom. The summed E-state index contributed by atoms with van der Waals surface area (Å²) in [5, 5.41) is 10.5. The van der Waals surface area contributed by atoms with Crippen LogP contribution in [0.15, 0.2) is 24.3 Å². The zero-order chi connectivity index (χ0) is 12.4. The van der Waals surface area contributed by atoms with Crippen LogP contribution in [0, 0.1) is 10.1 Å². The Bertz CT molecular complexity index is 445. The van der Waals surface area contributed by atoms with Crippen LogP contribution in [0.2, 0.25) is 0 Å². The van der Waals surface area contributed by atoms with E-state index in [1.165, 1.54) is 29.2 Å². The maximum atomic E-state index is 11.5. The third-order valence-electron chi connectivity index (χ3n) is 2.51. The number of cyclic esters (lactones) is 1. The number of non-ortho nitro benzene ring substituents is 1. The lowest BCUT2D eigenvalue weighted by atomic mass is 10.2. The van der Waals surface area contributed by atoms with Gasteiger partial charge in [0.1, 0.15) is 6.10 Å². The first-order valence-corrected chi connectivity index (χ1v) is 5.04. The van der Waals surface area contributed by atoms with Crippen LogP contribution in [0.3, 0.4) is 0 Å². The highest BCUT2D eigenvalue weighted by Crippen LogP contribution is 2.23. The van der Waals surface area contributed by atoms with Crippen LogP contribution in [-0.2, 0) is 4.74 Å². The number of rotatable bonds is 3. The second kappa shape index (κ2) is 4.38. The first-order valence-electron chi connectivity index (χ1n) is 5.04. The number of carbonyl (C=O) groups is 1. The number of nitrogens with two attached hydrogens (primary N) is 1. The summed E-state index contributed by atoms with van der Waals surface area (Å²) in [6.07, 6.45) is -0.799. The highest BCUT2D eigenvalue weighted by molar-refractivity contribution is 5.89. The average molecular weight is 237 g/mol. The number of nitrogens with zero attached hydrogens (tertiary/aromatic N) is 2. The lowest BCUT2D eigenvalue weighted by Crippen LogP contribution is -2.27. The minimum atomic E-state index is -0.491. The predicted octanol–water partition coefficient (Wildman–Crippen LogP) is 0.879. The maximum absolute atomic E-state index is 11.5. The second-order valence-electron chi connectivity index (χ2n) is 3.63. The van der Waals surface area contributed by atoms with E-state index in [9.17, 15) is 14.9 Å². The molecule has 0 saturated carbocycles. The third-order valence-corrected chi connectivity index (χ3v) is 2.51. The zero-order valence-electron chi connectivity index (χ0n) is 8.91. The molecule has 17 heavy (non-hydrogen) atoms. The van der Waals surface area contributed by atoms with Gasteiger partial charge in [-0.05, 0) is 12.1 Å². The fourth-order valence-corrected chi connectivity index (χ4v) is 1.61. The van der Waals surface area contributed by atoms with Crippen molar-refractivity contribution in [2.75, 3.05) is 18.0 Å². The van der Waals surface area contributed by atoms with Gasteiger partial charge in [-0.15, -0.1) is 0 Å². The molecule has 90 valence electrons. The van der Waals surface area contributed by atoms with E-state index in [0.29, 0.717) is 12.2 Å². The summed E-state index contributed by atoms with van der Waals surface area (Å²) in [7, 11) is 0. The minimum Gasteiger partial charge on any atom is -0.443 e. The summed E-state index contributed by atoms with van der Waals surface area (Å²) < 4.78 is 4.98. The molecule has 1 amide bonds. The van der Waals surface area contributed by atoms with Crippen molar-refractivity contribution in [1.82, 2.24) is 0 Å². The van der Waals surface area contributed by atoms with Crippen molar-refractivity contribution in [2.24, 2.45) is 5.73 Å². The topological polar surface area (TPSA) is 98.7 Å². The van der Waals surface area contributed by atoms with Crippen LogP contribution in [0.4, 0.5) is 16.2 Å². The Balaban J connectivity index is 2.18. The van der Waals surface area contributed by atoms with Gasteiger partial charge in [0.2, 0.25) is 0 Å². The summed E-state index contributed by atoms with van der Waals surface area (Å²) in [5.41, 5.74) is 5.96. The normalized spacial score (nSPS) is 19.2. The summed E-state index contributed by atoms with van der Waals surface area (Å²) in [6.45, 7) is 0.627. The minimum absolute atomic E-state index is 0.0170. The van der Waals surface area contributed by atoms with Gasteiger partial charge in [0, 0.05) is 24.4 Å². The molecule has 1 fully saturated rings. The van der Waals surface area contributed by atoms with Gasteiger partial charge < -0.3 is 10.5 Å². The molecule has 1 atom stereocenters. The van der Waals surface area contributed by atoms with Gasteiger partial charge in [0.15, 0.2) is 0 Å². The molecule has 0 spiro atoms. The van der Waals surface area contributed by atoms with Crippen LogP contribution in [0.1, 0.15) is 0 Å². The number of nitro groups is 1. The largest absolute Gasteiger partial charge is 0.443 e. The monoisotopic (exact) mass is 237 g/mol. The number of carbonyl (C=O) groups excluding carboxylic acids is 1. The number of anilines is 1. The van der Waals surface area contributed by atoms with Gasteiger partial charge in [-0.25, -0.2) is 4.79 Å². The summed E-state index contributed by atoms with van der Waals surface area (Å²) in [5.74, 6) is 0. The molecule has 1 unspecified atom stereocenters. The SMILES string of the molecule is NCC1CN(c2ccc([N+](=O)[O-])cc2)C(=O)O1. The fraction of sp³-hybridized carbons (Fsp3) is 0.300. The van der Waals surface area contributed by atoms with Crippen molar-refractivity contribution in [2.45, 2.75) is 6.10 Å². The lowest BCUT2D eigenvalue weighted by Gasteiger charge is -2.11. The van der Waals surface area contributed by atoms with Crippen LogP contribution in [0.5, 0.6) is 0 Å². The molecule has 0 radical (unpaired) electrons. The van der Waals surface area contributed by atoms with Crippen molar-refractivity contribution in [3.05, 3.63) is 34.4 Å². The molecule has 1 aliphatic heterocycles. The molecule has 0 aliphatic carbocycles. The summed E-state index contributed by atoms with van der Waals surface area (Å²) >= 11 is 0. The number of nitro benzene ring substituents is 1. The van der Waals surface area contributed by atoms with Gasteiger partial charge >= 0.3 is 6.09 Å². The molecule has 2 rings (SSSR count). The van der Waals surface area contributed by atoms with E-state index >= 15 is 0 Å². The first-order chi connectivity index (χ1) is 8.11. The maximum Gasteiger partial charge on any atom is 0.414 e. The predicted molar refractivity (Wildman–Crippen MR) is 59.8 cm³/mol. The van der Waals surface area contributed by atoms with Gasteiger partial charge in [0.05, 0.1) is 11.5 Å². The van der Waals surface area contributed by atoms with E-state index < -0.39 is 11.0 Å². The number of hydrogen-bond acceptors (Lipinski definition) is 5. The number of benzene rings is 1. The third kappa shape index (κ3) is 2.18. The van der Waals surface area contributed by atoms with E-state index in [4.69, 9.17) is 10.5 Å². The van der Waals surface area contributed by atoms with Crippen molar-refractivity contribution in [3.63, 3.8) is 0 Å².